The Labute approximate surface area is 133 Å². The predicted molar refractivity (Wildman–Crippen MR) is 89.6 cm³/mol. The van der Waals surface area contributed by atoms with Gasteiger partial charge in [-0.25, -0.2) is 0 Å². The molecule has 4 nitrogen and oxygen atoms in total. The number of amides is 1. The predicted octanol–water partition coefficient (Wildman–Crippen LogP) is 3.97. The molecule has 1 amide bonds. The molecule has 0 fully saturated rings. The Morgan fingerprint density at radius 1 is 1.04 bits per heavy atom. The largest absolute Gasteiger partial charge is 0.496 e. The summed E-state index contributed by atoms with van der Waals surface area (Å²) < 4.78 is 5.34. The van der Waals surface area contributed by atoms with Crippen LogP contribution in [0, 0.1) is 11.3 Å². The number of para-hydroxylation sites is 1. The Morgan fingerprint density at radius 2 is 1.70 bits per heavy atom. The number of ether oxygens (including phenoxy) is 1. The highest BCUT2D eigenvalue weighted by molar-refractivity contribution is 6.09. The van der Waals surface area contributed by atoms with E-state index in [4.69, 9.17) is 10.00 Å². The second-order valence-corrected chi connectivity index (χ2v) is 5.01. The van der Waals surface area contributed by atoms with Crippen LogP contribution in [0.5, 0.6) is 5.75 Å². The molecule has 0 aliphatic heterocycles. The molecule has 3 aromatic carbocycles. The highest BCUT2D eigenvalue weighted by Gasteiger charge is 2.15. The summed E-state index contributed by atoms with van der Waals surface area (Å²) in [6, 6.07) is 20.3. The highest BCUT2D eigenvalue weighted by Crippen LogP contribution is 2.27. The molecule has 3 rings (SSSR count). The Balaban J connectivity index is 2.02. The number of carbonyl (C=O) groups is 1. The number of fused-ring (bicyclic) bond motifs is 1. The number of anilines is 1. The lowest BCUT2D eigenvalue weighted by molar-refractivity contribution is 0.102. The second-order valence-electron chi connectivity index (χ2n) is 5.01. The number of nitrogens with zero attached hydrogens (tertiary/aromatic N) is 1. The van der Waals surface area contributed by atoms with Gasteiger partial charge in [0.25, 0.3) is 5.91 Å². The molecule has 23 heavy (non-hydrogen) atoms. The Hall–Kier alpha value is -3.32. The van der Waals surface area contributed by atoms with Crippen LogP contribution < -0.4 is 10.1 Å². The van der Waals surface area contributed by atoms with E-state index < -0.39 is 0 Å². The molecule has 3 aromatic rings. The lowest BCUT2D eigenvalue weighted by Gasteiger charge is -2.11. The van der Waals surface area contributed by atoms with E-state index in [1.54, 1.807) is 30.3 Å². The van der Waals surface area contributed by atoms with Crippen molar-refractivity contribution in [2.24, 2.45) is 0 Å². The summed E-state index contributed by atoms with van der Waals surface area (Å²) >= 11 is 0. The normalized spacial score (nSPS) is 10.1. The molecule has 0 unspecified atom stereocenters. The van der Waals surface area contributed by atoms with E-state index in [0.29, 0.717) is 22.6 Å². The third-order valence-corrected chi connectivity index (χ3v) is 3.61. The zero-order chi connectivity index (χ0) is 16.2. The van der Waals surface area contributed by atoms with E-state index in [2.05, 4.69) is 11.4 Å². The number of hydrogen-bond acceptors (Lipinski definition) is 3. The van der Waals surface area contributed by atoms with Gasteiger partial charge in [-0.2, -0.15) is 5.26 Å². The maximum atomic E-state index is 12.6. The topological polar surface area (TPSA) is 62.1 Å². The zero-order valence-electron chi connectivity index (χ0n) is 12.5. The first-order valence-corrected chi connectivity index (χ1v) is 7.10. The van der Waals surface area contributed by atoms with Gasteiger partial charge in [-0.1, -0.05) is 36.4 Å². The SMILES string of the molecule is COc1cc2ccccc2cc1C(=O)Nc1ccccc1C#N. The lowest BCUT2D eigenvalue weighted by Crippen LogP contribution is -2.14. The maximum Gasteiger partial charge on any atom is 0.259 e. The van der Waals surface area contributed by atoms with E-state index in [-0.39, 0.29) is 5.91 Å². The average Bonchev–Trinajstić information content (AvgIpc) is 2.60. The van der Waals surface area contributed by atoms with Gasteiger partial charge >= 0.3 is 0 Å². The lowest BCUT2D eigenvalue weighted by atomic mass is 10.0. The molecule has 1 N–H and O–H groups in total. The van der Waals surface area contributed by atoms with Crippen LogP contribution in [0.15, 0.2) is 60.7 Å². The monoisotopic (exact) mass is 302 g/mol. The van der Waals surface area contributed by atoms with Crippen LogP contribution in [0.2, 0.25) is 0 Å². The number of nitriles is 1. The Kier molecular flexibility index (Phi) is 3.94. The van der Waals surface area contributed by atoms with Crippen molar-refractivity contribution in [3.63, 3.8) is 0 Å². The first kappa shape index (κ1) is 14.6. The van der Waals surface area contributed by atoms with Gasteiger partial charge in [-0.05, 0) is 35.0 Å². The number of carbonyl (C=O) groups excluding carboxylic acids is 1. The molecule has 0 spiro atoms. The van der Waals surface area contributed by atoms with Crippen molar-refractivity contribution in [3.05, 3.63) is 71.8 Å². The van der Waals surface area contributed by atoms with Crippen LogP contribution in [-0.2, 0) is 0 Å². The van der Waals surface area contributed by atoms with E-state index in [1.165, 1.54) is 7.11 Å². The molecule has 0 saturated heterocycles. The van der Waals surface area contributed by atoms with Crippen LogP contribution in [-0.4, -0.2) is 13.0 Å². The fraction of sp³-hybridized carbons (Fsp3) is 0.0526. The third kappa shape index (κ3) is 2.85. The average molecular weight is 302 g/mol. The summed E-state index contributed by atoms with van der Waals surface area (Å²) in [5, 5.41) is 13.8. The van der Waals surface area contributed by atoms with E-state index in [9.17, 15) is 4.79 Å². The minimum atomic E-state index is -0.310. The molecule has 0 aliphatic carbocycles. The van der Waals surface area contributed by atoms with Gasteiger partial charge in [0, 0.05) is 0 Å². The van der Waals surface area contributed by atoms with Crippen LogP contribution in [0.25, 0.3) is 10.8 Å². The van der Waals surface area contributed by atoms with E-state index >= 15 is 0 Å². The number of rotatable bonds is 3. The smallest absolute Gasteiger partial charge is 0.259 e. The van der Waals surface area contributed by atoms with Crippen molar-refractivity contribution in [1.82, 2.24) is 0 Å². The maximum absolute atomic E-state index is 12.6. The summed E-state index contributed by atoms with van der Waals surface area (Å²) in [6.45, 7) is 0. The van der Waals surface area contributed by atoms with Crippen molar-refractivity contribution in [2.45, 2.75) is 0 Å². The number of benzene rings is 3. The Morgan fingerprint density at radius 3 is 2.39 bits per heavy atom. The molecule has 112 valence electrons. The van der Waals surface area contributed by atoms with Gasteiger partial charge in [0.05, 0.1) is 23.9 Å². The quantitative estimate of drug-likeness (QED) is 0.796. The van der Waals surface area contributed by atoms with Gasteiger partial charge in [0.2, 0.25) is 0 Å². The van der Waals surface area contributed by atoms with Gasteiger partial charge in [0.15, 0.2) is 0 Å². The van der Waals surface area contributed by atoms with Crippen molar-refractivity contribution < 1.29 is 9.53 Å². The molecule has 0 saturated carbocycles. The summed E-state index contributed by atoms with van der Waals surface area (Å²) in [6.07, 6.45) is 0. The van der Waals surface area contributed by atoms with Gasteiger partial charge in [-0.3, -0.25) is 4.79 Å². The summed E-state index contributed by atoms with van der Waals surface area (Å²) in [5.74, 6) is 0.186. The van der Waals surface area contributed by atoms with Crippen LogP contribution >= 0.6 is 0 Å². The van der Waals surface area contributed by atoms with Crippen LogP contribution in [0.3, 0.4) is 0 Å². The molecule has 0 aromatic heterocycles. The van der Waals surface area contributed by atoms with Gasteiger partial charge in [0.1, 0.15) is 11.8 Å². The first-order valence-electron chi connectivity index (χ1n) is 7.10. The third-order valence-electron chi connectivity index (χ3n) is 3.61. The highest BCUT2D eigenvalue weighted by atomic mass is 16.5. The van der Waals surface area contributed by atoms with Crippen molar-refractivity contribution >= 4 is 22.4 Å². The number of nitrogens with one attached hydrogen (secondary N) is 1. The fourth-order valence-corrected chi connectivity index (χ4v) is 2.44. The molecule has 0 aliphatic rings. The summed E-state index contributed by atoms with van der Waals surface area (Å²) in [5.41, 5.74) is 1.33. The summed E-state index contributed by atoms with van der Waals surface area (Å²) in [7, 11) is 1.53. The molecular formula is C19H14N2O2. The second kappa shape index (κ2) is 6.20. The van der Waals surface area contributed by atoms with E-state index in [0.717, 1.165) is 10.8 Å². The molecular weight excluding hydrogens is 288 g/mol. The zero-order valence-corrected chi connectivity index (χ0v) is 12.5. The standard InChI is InChI=1S/C19H14N2O2/c1-23-18-11-14-7-3-2-6-13(14)10-16(18)19(22)21-17-9-5-4-8-15(17)12-20/h2-11H,1H3,(H,21,22). The molecule has 0 radical (unpaired) electrons. The minimum absolute atomic E-state index is 0.310. The molecule has 0 heterocycles. The van der Waals surface area contributed by atoms with Gasteiger partial charge in [-0.15, -0.1) is 0 Å². The van der Waals surface area contributed by atoms with Crippen LogP contribution in [0.1, 0.15) is 15.9 Å². The van der Waals surface area contributed by atoms with Crippen molar-refractivity contribution in [3.8, 4) is 11.8 Å². The fourth-order valence-electron chi connectivity index (χ4n) is 2.44. The van der Waals surface area contributed by atoms with Gasteiger partial charge < -0.3 is 10.1 Å². The number of methoxy groups -OCH3 is 1. The molecule has 0 atom stereocenters. The van der Waals surface area contributed by atoms with Crippen molar-refractivity contribution in [2.75, 3.05) is 12.4 Å². The molecule has 4 heteroatoms. The number of hydrogen-bond donors (Lipinski definition) is 1. The summed E-state index contributed by atoms with van der Waals surface area (Å²) in [4.78, 5) is 12.6. The van der Waals surface area contributed by atoms with Crippen molar-refractivity contribution in [1.29, 1.82) is 5.26 Å². The first-order chi connectivity index (χ1) is 11.2. The van der Waals surface area contributed by atoms with E-state index in [1.807, 2.05) is 30.3 Å². The Bertz CT molecular complexity index is 926. The molecule has 0 bridgehead atoms. The minimum Gasteiger partial charge on any atom is -0.496 e. The van der Waals surface area contributed by atoms with Crippen LogP contribution in [0.4, 0.5) is 5.69 Å².